The minimum atomic E-state index is -4.60. The minimum Gasteiger partial charge on any atom is -0.470 e. The molecule has 0 atom stereocenters. The number of aromatic nitrogens is 2. The second-order valence-electron chi connectivity index (χ2n) is 7.64. The fourth-order valence-corrected chi connectivity index (χ4v) is 3.97. The van der Waals surface area contributed by atoms with Crippen LogP contribution >= 0.6 is 27.5 Å². The van der Waals surface area contributed by atoms with Crippen molar-refractivity contribution in [3.05, 3.63) is 104 Å². The van der Waals surface area contributed by atoms with Crippen molar-refractivity contribution < 1.29 is 32.4 Å². The molecule has 4 rings (SSSR count). The number of non-ortho nitro benzene ring substituents is 1. The Morgan fingerprint density at radius 3 is 2.61 bits per heavy atom. The van der Waals surface area contributed by atoms with Gasteiger partial charge in [0.1, 0.15) is 17.2 Å². The third kappa shape index (κ3) is 6.81. The molecule has 3 aromatic carbocycles. The molecule has 4 aromatic rings. The van der Waals surface area contributed by atoms with Gasteiger partial charge < -0.3 is 14.8 Å². The van der Waals surface area contributed by atoms with Gasteiger partial charge in [-0.3, -0.25) is 14.9 Å². The SMILES string of the molecule is O=C(Nc1cc(Oc2cccc(C(F)(F)F)c2)cc([N+](=O)[O-])c1)c1ccn(COc2ccc(Cl)cc2Br)n1. The maximum absolute atomic E-state index is 13.0. The Balaban J connectivity index is 1.48. The van der Waals surface area contributed by atoms with Crippen molar-refractivity contribution in [3.63, 3.8) is 0 Å². The van der Waals surface area contributed by atoms with Crippen molar-refractivity contribution in [3.8, 4) is 17.2 Å². The zero-order valence-electron chi connectivity index (χ0n) is 18.9. The Kier molecular flexibility index (Phi) is 7.88. The molecule has 0 aliphatic rings. The molecule has 38 heavy (non-hydrogen) atoms. The Morgan fingerprint density at radius 1 is 1.11 bits per heavy atom. The molecule has 196 valence electrons. The molecule has 0 bridgehead atoms. The lowest BCUT2D eigenvalue weighted by molar-refractivity contribution is -0.384. The minimum absolute atomic E-state index is 0.0179. The average molecular weight is 612 g/mol. The Bertz CT molecular complexity index is 1510. The van der Waals surface area contributed by atoms with Gasteiger partial charge in [-0.1, -0.05) is 17.7 Å². The topological polar surface area (TPSA) is 109 Å². The Labute approximate surface area is 226 Å². The monoisotopic (exact) mass is 610 g/mol. The van der Waals surface area contributed by atoms with Crippen LogP contribution in [0.1, 0.15) is 16.1 Å². The summed E-state index contributed by atoms with van der Waals surface area (Å²) in [6.07, 6.45) is -3.10. The highest BCUT2D eigenvalue weighted by Crippen LogP contribution is 2.34. The number of halogens is 5. The highest BCUT2D eigenvalue weighted by molar-refractivity contribution is 9.10. The van der Waals surface area contributed by atoms with Crippen LogP contribution in [0.2, 0.25) is 5.02 Å². The van der Waals surface area contributed by atoms with E-state index in [0.29, 0.717) is 15.2 Å². The summed E-state index contributed by atoms with van der Waals surface area (Å²) in [6, 6.07) is 13.7. The first-order valence-corrected chi connectivity index (χ1v) is 11.7. The van der Waals surface area contributed by atoms with E-state index in [1.165, 1.54) is 29.1 Å². The third-order valence-corrected chi connectivity index (χ3v) is 5.73. The number of ether oxygens (including phenoxy) is 2. The van der Waals surface area contributed by atoms with Crippen molar-refractivity contribution in [2.45, 2.75) is 12.9 Å². The van der Waals surface area contributed by atoms with Crippen LogP contribution in [0.4, 0.5) is 24.5 Å². The van der Waals surface area contributed by atoms with Crippen LogP contribution in [-0.4, -0.2) is 20.6 Å². The number of hydrogen-bond donors (Lipinski definition) is 1. The number of alkyl halides is 3. The first kappa shape index (κ1) is 26.9. The largest absolute Gasteiger partial charge is 0.470 e. The lowest BCUT2D eigenvalue weighted by Gasteiger charge is -2.11. The van der Waals surface area contributed by atoms with Crippen LogP contribution in [0.5, 0.6) is 17.2 Å². The molecule has 14 heteroatoms. The van der Waals surface area contributed by atoms with E-state index in [0.717, 1.165) is 30.3 Å². The van der Waals surface area contributed by atoms with Crippen molar-refractivity contribution in [2.24, 2.45) is 0 Å². The molecule has 0 aliphatic heterocycles. The quantitative estimate of drug-likeness (QED) is 0.165. The number of nitro benzene ring substituents is 1. The van der Waals surface area contributed by atoms with E-state index in [1.54, 1.807) is 18.2 Å². The zero-order valence-corrected chi connectivity index (χ0v) is 21.2. The van der Waals surface area contributed by atoms with Crippen LogP contribution in [0.25, 0.3) is 0 Å². The summed E-state index contributed by atoms with van der Waals surface area (Å²) in [4.78, 5) is 23.4. The molecule has 0 saturated carbocycles. The van der Waals surface area contributed by atoms with E-state index in [1.807, 2.05) is 0 Å². The van der Waals surface area contributed by atoms with Gasteiger partial charge in [0.05, 0.1) is 26.7 Å². The summed E-state index contributed by atoms with van der Waals surface area (Å²) in [7, 11) is 0. The number of benzene rings is 3. The van der Waals surface area contributed by atoms with Crippen LogP contribution in [0.15, 0.2) is 77.4 Å². The summed E-state index contributed by atoms with van der Waals surface area (Å²) in [5.41, 5.74) is -1.44. The van der Waals surface area contributed by atoms with E-state index < -0.39 is 28.3 Å². The van der Waals surface area contributed by atoms with Crippen LogP contribution in [0.3, 0.4) is 0 Å². The molecule has 1 amide bonds. The van der Waals surface area contributed by atoms with Crippen LogP contribution < -0.4 is 14.8 Å². The van der Waals surface area contributed by atoms with E-state index in [9.17, 15) is 28.1 Å². The number of nitrogens with one attached hydrogen (secondary N) is 1. The number of rotatable bonds is 8. The number of hydrogen-bond acceptors (Lipinski definition) is 6. The summed E-state index contributed by atoms with van der Waals surface area (Å²) in [5, 5.41) is 18.5. The third-order valence-electron chi connectivity index (χ3n) is 4.88. The predicted octanol–water partition coefficient (Wildman–Crippen LogP) is 7.31. The molecule has 1 heterocycles. The smallest absolute Gasteiger partial charge is 0.416 e. The number of amides is 1. The number of carbonyl (C=O) groups is 1. The first-order valence-electron chi connectivity index (χ1n) is 10.6. The molecule has 0 aliphatic carbocycles. The number of nitro groups is 1. The molecule has 0 spiro atoms. The van der Waals surface area contributed by atoms with Gasteiger partial charge in [0.2, 0.25) is 0 Å². The van der Waals surface area contributed by atoms with Gasteiger partial charge in [-0.15, -0.1) is 0 Å². The molecular formula is C24H15BrClF3N4O5. The molecule has 1 aromatic heterocycles. The van der Waals surface area contributed by atoms with Crippen molar-refractivity contribution >= 4 is 44.8 Å². The molecule has 0 unspecified atom stereocenters. The van der Waals surface area contributed by atoms with E-state index in [2.05, 4.69) is 26.3 Å². The predicted molar refractivity (Wildman–Crippen MR) is 135 cm³/mol. The Hall–Kier alpha value is -4.10. The van der Waals surface area contributed by atoms with E-state index in [4.69, 9.17) is 21.1 Å². The molecule has 0 radical (unpaired) electrons. The van der Waals surface area contributed by atoms with Gasteiger partial charge in [0, 0.05) is 23.4 Å². The van der Waals surface area contributed by atoms with E-state index >= 15 is 0 Å². The van der Waals surface area contributed by atoms with Gasteiger partial charge in [-0.05, 0) is 58.4 Å². The van der Waals surface area contributed by atoms with E-state index in [-0.39, 0.29) is 29.6 Å². The highest BCUT2D eigenvalue weighted by Gasteiger charge is 2.30. The number of nitrogens with zero attached hydrogens (tertiary/aromatic N) is 3. The summed E-state index contributed by atoms with van der Waals surface area (Å²) < 4.78 is 52.0. The van der Waals surface area contributed by atoms with Crippen molar-refractivity contribution in [1.29, 1.82) is 0 Å². The number of carbonyl (C=O) groups excluding carboxylic acids is 1. The normalized spacial score (nSPS) is 11.2. The fourth-order valence-electron chi connectivity index (χ4n) is 3.17. The molecule has 1 N–H and O–H groups in total. The van der Waals surface area contributed by atoms with Crippen LogP contribution in [-0.2, 0) is 12.9 Å². The average Bonchev–Trinajstić information content (AvgIpc) is 3.32. The van der Waals surface area contributed by atoms with Gasteiger partial charge in [0.25, 0.3) is 11.6 Å². The Morgan fingerprint density at radius 2 is 1.89 bits per heavy atom. The first-order chi connectivity index (χ1) is 18.0. The molecule has 0 saturated heterocycles. The summed E-state index contributed by atoms with van der Waals surface area (Å²) >= 11 is 9.23. The maximum atomic E-state index is 13.0. The van der Waals surface area contributed by atoms with Gasteiger partial charge in [-0.25, -0.2) is 4.68 Å². The maximum Gasteiger partial charge on any atom is 0.416 e. The summed E-state index contributed by atoms with van der Waals surface area (Å²) in [5.74, 6) is -0.535. The zero-order chi connectivity index (χ0) is 27.4. The molecule has 0 fully saturated rings. The molecule has 9 nitrogen and oxygen atoms in total. The second kappa shape index (κ2) is 11.1. The van der Waals surface area contributed by atoms with Gasteiger partial charge in [-0.2, -0.15) is 18.3 Å². The van der Waals surface area contributed by atoms with Crippen molar-refractivity contribution in [1.82, 2.24) is 9.78 Å². The molecular weight excluding hydrogens is 597 g/mol. The second-order valence-corrected chi connectivity index (χ2v) is 8.93. The number of anilines is 1. The van der Waals surface area contributed by atoms with Gasteiger partial charge >= 0.3 is 6.18 Å². The lowest BCUT2D eigenvalue weighted by atomic mass is 10.2. The fraction of sp³-hybridized carbons (Fsp3) is 0.0833. The van der Waals surface area contributed by atoms with Crippen LogP contribution in [0, 0.1) is 10.1 Å². The lowest BCUT2D eigenvalue weighted by Crippen LogP contribution is -2.14. The summed E-state index contributed by atoms with van der Waals surface area (Å²) in [6.45, 7) is -0.0285. The van der Waals surface area contributed by atoms with Crippen molar-refractivity contribution in [2.75, 3.05) is 5.32 Å². The highest BCUT2D eigenvalue weighted by atomic mass is 79.9. The van der Waals surface area contributed by atoms with Gasteiger partial charge in [0.15, 0.2) is 12.4 Å². The standard InChI is InChI=1S/C24H15BrClF3N4O5/c25-20-9-15(26)4-5-22(20)37-13-32-7-6-21(31-32)23(34)30-16-10-17(33(35)36)12-19(11-16)38-18-3-1-2-14(8-18)24(27,28)29/h1-12H,13H2,(H,30,34).